The van der Waals surface area contributed by atoms with Gasteiger partial charge in [-0.05, 0) is 18.2 Å². The van der Waals surface area contributed by atoms with Gasteiger partial charge in [-0.3, -0.25) is 4.98 Å². The number of ether oxygens (including phenoxy) is 1. The fourth-order valence-corrected chi connectivity index (χ4v) is 1.86. The molecule has 0 spiro atoms. The molecule has 0 amide bonds. The molecule has 0 bridgehead atoms. The Labute approximate surface area is 132 Å². The Balaban J connectivity index is 1.88. The minimum Gasteiger partial charge on any atom is -0.454 e. The summed E-state index contributed by atoms with van der Waals surface area (Å²) in [4.78, 5) is 7.20. The van der Waals surface area contributed by atoms with Crippen LogP contribution in [0.2, 0.25) is 5.02 Å². The number of nitrogens with zero attached hydrogens (tertiary/aromatic N) is 3. The van der Waals surface area contributed by atoms with E-state index in [2.05, 4.69) is 19.6 Å². The molecular weight excluding hydrogens is 335 g/mol. The second-order valence-corrected chi connectivity index (χ2v) is 4.76. The van der Waals surface area contributed by atoms with E-state index in [4.69, 9.17) is 16.3 Å². The normalized spacial score (nSPS) is 11.5. The van der Waals surface area contributed by atoms with E-state index < -0.39 is 12.1 Å². The Hall–Kier alpha value is -2.61. The molecule has 5 nitrogen and oxygen atoms in total. The minimum absolute atomic E-state index is 0.194. The Morgan fingerprint density at radius 1 is 1.17 bits per heavy atom. The zero-order valence-corrected chi connectivity index (χ0v) is 12.0. The first kappa shape index (κ1) is 15.3. The van der Waals surface area contributed by atoms with Gasteiger partial charge in [0, 0.05) is 11.8 Å². The maximum Gasteiger partial charge on any atom is 0.471 e. The highest BCUT2D eigenvalue weighted by Crippen LogP contribution is 2.32. The van der Waals surface area contributed by atoms with Crippen molar-refractivity contribution in [2.45, 2.75) is 6.18 Å². The zero-order valence-electron chi connectivity index (χ0n) is 11.2. The molecule has 0 aliphatic carbocycles. The molecule has 2 aromatic heterocycles. The van der Waals surface area contributed by atoms with Gasteiger partial charge in [0.25, 0.3) is 0 Å². The van der Waals surface area contributed by atoms with Crippen molar-refractivity contribution in [3.8, 4) is 22.9 Å². The van der Waals surface area contributed by atoms with Crippen LogP contribution in [0.4, 0.5) is 13.2 Å². The monoisotopic (exact) mass is 341 g/mol. The van der Waals surface area contributed by atoms with Crippen LogP contribution in [0.15, 0.2) is 47.2 Å². The molecule has 0 aliphatic rings. The van der Waals surface area contributed by atoms with E-state index >= 15 is 0 Å². The molecule has 1 aromatic carbocycles. The topological polar surface area (TPSA) is 61.0 Å². The average molecular weight is 342 g/mol. The molecule has 118 valence electrons. The van der Waals surface area contributed by atoms with Crippen LogP contribution >= 0.6 is 11.6 Å². The summed E-state index contributed by atoms with van der Waals surface area (Å²) in [7, 11) is 0. The van der Waals surface area contributed by atoms with Gasteiger partial charge in [0.15, 0.2) is 5.75 Å². The summed E-state index contributed by atoms with van der Waals surface area (Å²) in [6.07, 6.45) is -1.77. The first-order valence-electron chi connectivity index (χ1n) is 6.22. The lowest BCUT2D eigenvalue weighted by atomic mass is 10.2. The van der Waals surface area contributed by atoms with Gasteiger partial charge < -0.3 is 9.26 Å². The number of hydrogen-bond donors (Lipinski definition) is 0. The predicted octanol–water partition coefficient (Wildman–Crippen LogP) is 4.60. The number of pyridine rings is 1. The summed E-state index contributed by atoms with van der Waals surface area (Å²) in [6.45, 7) is 0. The van der Waals surface area contributed by atoms with Gasteiger partial charge in [-0.25, -0.2) is 0 Å². The van der Waals surface area contributed by atoms with Crippen molar-refractivity contribution in [1.29, 1.82) is 0 Å². The van der Waals surface area contributed by atoms with Crippen LogP contribution in [-0.2, 0) is 6.18 Å². The van der Waals surface area contributed by atoms with Crippen molar-refractivity contribution < 1.29 is 22.4 Å². The molecule has 2 heterocycles. The standard InChI is InChI=1S/C14H7ClF3N3O2/c15-10-4-5-19-7-11(10)22-9-3-1-2-8(6-9)12-20-13(23-21-12)14(16,17)18/h1-7H. The van der Waals surface area contributed by atoms with Gasteiger partial charge in [-0.2, -0.15) is 18.2 Å². The smallest absolute Gasteiger partial charge is 0.454 e. The minimum atomic E-state index is -4.69. The van der Waals surface area contributed by atoms with Gasteiger partial charge in [0.05, 0.1) is 11.2 Å². The fourth-order valence-electron chi connectivity index (χ4n) is 1.72. The Morgan fingerprint density at radius 3 is 2.70 bits per heavy atom. The van der Waals surface area contributed by atoms with Crippen molar-refractivity contribution in [2.24, 2.45) is 0 Å². The Morgan fingerprint density at radius 2 is 2.00 bits per heavy atom. The van der Waals surface area contributed by atoms with Gasteiger partial charge in [-0.1, -0.05) is 28.9 Å². The molecular formula is C14H7ClF3N3O2. The summed E-state index contributed by atoms with van der Waals surface area (Å²) >= 11 is 5.95. The SMILES string of the molecule is FC(F)(F)c1nc(-c2cccc(Oc3cnccc3Cl)c2)no1. The van der Waals surface area contributed by atoms with E-state index in [0.29, 0.717) is 22.1 Å². The van der Waals surface area contributed by atoms with Crippen LogP contribution < -0.4 is 4.74 Å². The van der Waals surface area contributed by atoms with Crippen LogP contribution in [0.1, 0.15) is 5.89 Å². The third-order valence-corrected chi connectivity index (χ3v) is 3.03. The highest BCUT2D eigenvalue weighted by atomic mass is 35.5. The molecule has 23 heavy (non-hydrogen) atoms. The van der Waals surface area contributed by atoms with Crippen molar-refractivity contribution in [3.05, 3.63) is 53.6 Å². The Kier molecular flexibility index (Phi) is 3.91. The molecule has 0 aliphatic heterocycles. The molecule has 3 aromatic rings. The third kappa shape index (κ3) is 3.42. The summed E-state index contributed by atoms with van der Waals surface area (Å²) in [6, 6.07) is 7.74. The predicted molar refractivity (Wildman–Crippen MR) is 74.1 cm³/mol. The van der Waals surface area contributed by atoms with E-state index in [1.54, 1.807) is 18.2 Å². The summed E-state index contributed by atoms with van der Waals surface area (Å²) in [5, 5.41) is 3.67. The maximum absolute atomic E-state index is 12.5. The lowest BCUT2D eigenvalue weighted by Gasteiger charge is -2.07. The fraction of sp³-hybridized carbons (Fsp3) is 0.0714. The van der Waals surface area contributed by atoms with Crippen LogP contribution in [-0.4, -0.2) is 15.1 Å². The largest absolute Gasteiger partial charge is 0.471 e. The molecule has 3 rings (SSSR count). The van der Waals surface area contributed by atoms with Crippen molar-refractivity contribution in [2.75, 3.05) is 0 Å². The lowest BCUT2D eigenvalue weighted by molar-refractivity contribution is -0.159. The van der Waals surface area contributed by atoms with Gasteiger partial charge in [-0.15, -0.1) is 0 Å². The number of benzene rings is 1. The number of hydrogen-bond acceptors (Lipinski definition) is 5. The second-order valence-electron chi connectivity index (χ2n) is 4.36. The van der Waals surface area contributed by atoms with Crippen molar-refractivity contribution >= 4 is 11.6 Å². The highest BCUT2D eigenvalue weighted by Gasteiger charge is 2.38. The number of aromatic nitrogens is 3. The second kappa shape index (κ2) is 5.88. The lowest BCUT2D eigenvalue weighted by Crippen LogP contribution is -2.04. The van der Waals surface area contributed by atoms with Gasteiger partial charge >= 0.3 is 12.1 Å². The van der Waals surface area contributed by atoms with Crippen molar-refractivity contribution in [3.63, 3.8) is 0 Å². The van der Waals surface area contributed by atoms with Crippen molar-refractivity contribution in [1.82, 2.24) is 15.1 Å². The average Bonchev–Trinajstić information content (AvgIpc) is 3.00. The third-order valence-electron chi connectivity index (χ3n) is 2.72. The molecule has 0 atom stereocenters. The summed E-state index contributed by atoms with van der Waals surface area (Å²) < 4.78 is 47.2. The van der Waals surface area contributed by atoms with E-state index in [-0.39, 0.29) is 5.82 Å². The highest BCUT2D eigenvalue weighted by molar-refractivity contribution is 6.32. The van der Waals surface area contributed by atoms with E-state index in [9.17, 15) is 13.2 Å². The van der Waals surface area contributed by atoms with Crippen LogP contribution in [0, 0.1) is 0 Å². The summed E-state index contributed by atoms with van der Waals surface area (Å²) in [5.74, 6) is -0.944. The van der Waals surface area contributed by atoms with Crippen LogP contribution in [0.3, 0.4) is 0 Å². The quantitative estimate of drug-likeness (QED) is 0.697. The number of alkyl halides is 3. The first-order chi connectivity index (χ1) is 10.9. The Bertz CT molecular complexity index is 836. The zero-order chi connectivity index (χ0) is 16.4. The summed E-state index contributed by atoms with van der Waals surface area (Å²) in [5.41, 5.74) is 0.307. The molecule has 0 unspecified atom stereocenters. The molecule has 0 radical (unpaired) electrons. The van der Waals surface area contributed by atoms with E-state index in [0.717, 1.165) is 0 Å². The molecule has 0 saturated carbocycles. The molecule has 0 N–H and O–H groups in total. The van der Waals surface area contributed by atoms with Gasteiger partial charge in [0.1, 0.15) is 5.75 Å². The molecule has 0 saturated heterocycles. The van der Waals surface area contributed by atoms with Crippen LogP contribution in [0.5, 0.6) is 11.5 Å². The molecule has 9 heteroatoms. The van der Waals surface area contributed by atoms with E-state index in [1.165, 1.54) is 24.5 Å². The first-order valence-corrected chi connectivity index (χ1v) is 6.60. The molecule has 0 fully saturated rings. The number of rotatable bonds is 3. The maximum atomic E-state index is 12.5. The van der Waals surface area contributed by atoms with E-state index in [1.807, 2.05) is 0 Å². The number of halogens is 4. The van der Waals surface area contributed by atoms with Crippen LogP contribution in [0.25, 0.3) is 11.4 Å². The van der Waals surface area contributed by atoms with Gasteiger partial charge in [0.2, 0.25) is 5.82 Å².